The Morgan fingerprint density at radius 1 is 1.04 bits per heavy atom. The van der Waals surface area contributed by atoms with Crippen LogP contribution in [0.5, 0.6) is 5.75 Å². The lowest BCUT2D eigenvalue weighted by molar-refractivity contribution is -0.121. The highest BCUT2D eigenvalue weighted by atomic mass is 19.1. The second kappa shape index (κ2) is 15.3. The predicted octanol–water partition coefficient (Wildman–Crippen LogP) is 5.19. The van der Waals surface area contributed by atoms with Crippen molar-refractivity contribution >= 4 is 28.5 Å². The summed E-state index contributed by atoms with van der Waals surface area (Å²) < 4.78 is 36.0. The average Bonchev–Trinajstić information content (AvgIpc) is 3.52. The Kier molecular flexibility index (Phi) is 10.4. The van der Waals surface area contributed by atoms with Gasteiger partial charge in [0.15, 0.2) is 28.9 Å². The van der Waals surface area contributed by atoms with Crippen LogP contribution < -0.4 is 20.8 Å². The number of benzene rings is 2. The first kappa shape index (κ1) is 34.2. The van der Waals surface area contributed by atoms with Crippen molar-refractivity contribution in [1.29, 1.82) is 0 Å². The molecule has 2 amide bonds. The maximum absolute atomic E-state index is 14.5. The van der Waals surface area contributed by atoms with E-state index in [1.807, 2.05) is 44.2 Å². The smallest absolute Gasteiger partial charge is 0.274 e. The van der Waals surface area contributed by atoms with Crippen LogP contribution in [-0.2, 0) is 24.5 Å². The fraction of sp³-hybridized carbons (Fsp3) is 0.333. The van der Waals surface area contributed by atoms with Gasteiger partial charge in [-0.1, -0.05) is 36.8 Å². The lowest BCUT2D eigenvalue weighted by Gasteiger charge is -2.35. The monoisotopic (exact) mass is 684 g/mol. The zero-order valence-electron chi connectivity index (χ0n) is 27.8. The third-order valence-electron chi connectivity index (χ3n) is 8.55. The third kappa shape index (κ3) is 7.64. The van der Waals surface area contributed by atoms with Crippen molar-refractivity contribution in [2.45, 2.75) is 65.3 Å². The van der Waals surface area contributed by atoms with Crippen LogP contribution in [0.15, 0.2) is 65.6 Å². The Balaban J connectivity index is 1.01. The minimum atomic E-state index is -0.630. The lowest BCUT2D eigenvalue weighted by atomic mass is 10.1. The molecular formula is C36H38F2N8O4. The molecule has 0 atom stereocenters. The van der Waals surface area contributed by atoms with Crippen molar-refractivity contribution in [1.82, 2.24) is 34.9 Å². The molecule has 6 rings (SSSR count). The Labute approximate surface area is 286 Å². The largest absolute Gasteiger partial charge is 0.483 e. The number of nitrogens with one attached hydrogen (secondary N) is 3. The van der Waals surface area contributed by atoms with Gasteiger partial charge in [-0.15, -0.1) is 0 Å². The van der Waals surface area contributed by atoms with Crippen LogP contribution in [0, 0.1) is 11.6 Å². The van der Waals surface area contributed by atoms with Gasteiger partial charge in [-0.05, 0) is 50.5 Å². The number of hydrogen-bond donors (Lipinski definition) is 3. The minimum absolute atomic E-state index is 0.00495. The van der Waals surface area contributed by atoms with Crippen molar-refractivity contribution in [2.75, 3.05) is 18.4 Å². The van der Waals surface area contributed by atoms with E-state index < -0.39 is 17.1 Å². The van der Waals surface area contributed by atoms with Gasteiger partial charge in [0.2, 0.25) is 11.3 Å². The summed E-state index contributed by atoms with van der Waals surface area (Å²) in [4.78, 5) is 49.6. The molecule has 2 aromatic carbocycles. The highest BCUT2D eigenvalue weighted by molar-refractivity contribution is 5.96. The summed E-state index contributed by atoms with van der Waals surface area (Å²) in [7, 11) is 0. The second-order valence-electron chi connectivity index (χ2n) is 12.4. The number of hydrogen-bond acceptors (Lipinski definition) is 8. The van der Waals surface area contributed by atoms with Gasteiger partial charge >= 0.3 is 0 Å². The van der Waals surface area contributed by atoms with E-state index in [-0.39, 0.29) is 60.5 Å². The Bertz CT molecular complexity index is 2070. The Morgan fingerprint density at radius 2 is 1.86 bits per heavy atom. The van der Waals surface area contributed by atoms with Crippen LogP contribution in [0.4, 0.5) is 14.6 Å². The first-order chi connectivity index (χ1) is 24.2. The zero-order valence-corrected chi connectivity index (χ0v) is 27.8. The normalized spacial score (nSPS) is 12.7. The van der Waals surface area contributed by atoms with E-state index in [0.29, 0.717) is 61.2 Å². The number of halogens is 2. The molecule has 0 fully saturated rings. The van der Waals surface area contributed by atoms with E-state index in [1.54, 1.807) is 15.5 Å². The molecule has 4 heterocycles. The van der Waals surface area contributed by atoms with Gasteiger partial charge in [0, 0.05) is 49.2 Å². The quantitative estimate of drug-likeness (QED) is 0.136. The summed E-state index contributed by atoms with van der Waals surface area (Å²) in [6.45, 7) is 5.42. The van der Waals surface area contributed by atoms with Crippen LogP contribution >= 0.6 is 0 Å². The molecule has 3 N–H and O–H groups in total. The number of pyridine rings is 1. The molecule has 50 heavy (non-hydrogen) atoms. The molecule has 0 aliphatic carbocycles. The molecule has 1 aliphatic rings. The van der Waals surface area contributed by atoms with Gasteiger partial charge in [-0.25, -0.2) is 18.7 Å². The molecule has 1 aliphatic heterocycles. The molecule has 0 saturated heterocycles. The number of carbonyl (C=O) groups is 2. The summed E-state index contributed by atoms with van der Waals surface area (Å²) in [5, 5.41) is 13.3. The summed E-state index contributed by atoms with van der Waals surface area (Å²) in [6, 6.07) is 15.0. The van der Waals surface area contributed by atoms with E-state index in [9.17, 15) is 23.2 Å². The number of nitrogens with zero attached hydrogens (tertiary/aromatic N) is 5. The minimum Gasteiger partial charge on any atom is -0.483 e. The molecule has 5 aromatic rings. The van der Waals surface area contributed by atoms with Crippen LogP contribution in [0.1, 0.15) is 61.3 Å². The number of carbonyl (C=O) groups excluding carboxylic acids is 2. The second-order valence-corrected chi connectivity index (χ2v) is 12.4. The standard InChI is InChI=1S/C36H38F2N8O4/c1-22(2)45-15-16-46-25(18-29(47)33(32(46)36(45)49)50-21-23-9-5-3-6-10-23)19-40-30(48)11-7-4-8-14-39-34-27(38)20-41-35(42-34)31-26-17-24(37)12-13-28(26)43-44-31/h3,5-6,9-10,12-13,17-18,20,22H,4,7-8,11,14-16,19,21H2,1-2H3,(H,40,48)(H,43,44)(H,39,41,42). The SMILES string of the molecule is CC(C)N1CCn2c(CNC(=O)CCCCCNc3nc(-c4n[nH]c5ccc(F)cc45)ncc3F)cc(=O)c(OCc3ccccc3)c2C1=O. The molecule has 0 bridgehead atoms. The Hall–Kier alpha value is -5.66. The zero-order chi connectivity index (χ0) is 35.2. The highest BCUT2D eigenvalue weighted by Gasteiger charge is 2.32. The van der Waals surface area contributed by atoms with Gasteiger partial charge < -0.3 is 24.8 Å². The fourth-order valence-electron chi connectivity index (χ4n) is 5.93. The number of rotatable bonds is 14. The highest BCUT2D eigenvalue weighted by Crippen LogP contribution is 2.27. The van der Waals surface area contributed by atoms with Gasteiger partial charge in [-0.2, -0.15) is 5.10 Å². The van der Waals surface area contributed by atoms with Crippen LogP contribution in [0.25, 0.3) is 22.4 Å². The number of fused-ring (bicyclic) bond motifs is 2. The molecule has 12 nitrogen and oxygen atoms in total. The molecule has 14 heteroatoms. The van der Waals surface area contributed by atoms with E-state index in [1.165, 1.54) is 18.2 Å². The number of aromatic nitrogens is 5. The van der Waals surface area contributed by atoms with Gasteiger partial charge in [-0.3, -0.25) is 19.5 Å². The number of aromatic amines is 1. The van der Waals surface area contributed by atoms with Crippen molar-refractivity contribution in [2.24, 2.45) is 0 Å². The number of ether oxygens (including phenoxy) is 1. The van der Waals surface area contributed by atoms with Gasteiger partial charge in [0.25, 0.3) is 5.91 Å². The molecule has 0 radical (unpaired) electrons. The maximum atomic E-state index is 14.5. The first-order valence-corrected chi connectivity index (χ1v) is 16.6. The lowest BCUT2D eigenvalue weighted by Crippen LogP contribution is -2.46. The van der Waals surface area contributed by atoms with Crippen LogP contribution in [0.2, 0.25) is 0 Å². The van der Waals surface area contributed by atoms with E-state index in [2.05, 4.69) is 30.8 Å². The molecular weight excluding hydrogens is 646 g/mol. The molecule has 0 saturated carbocycles. The summed E-state index contributed by atoms with van der Waals surface area (Å²) in [6.07, 6.45) is 3.21. The Morgan fingerprint density at radius 3 is 2.66 bits per heavy atom. The number of amides is 2. The van der Waals surface area contributed by atoms with Gasteiger partial charge in [0.05, 0.1) is 18.3 Å². The molecule has 260 valence electrons. The maximum Gasteiger partial charge on any atom is 0.274 e. The van der Waals surface area contributed by atoms with Crippen molar-refractivity contribution in [3.63, 3.8) is 0 Å². The molecule has 0 spiro atoms. The van der Waals surface area contributed by atoms with Crippen molar-refractivity contribution in [3.8, 4) is 17.3 Å². The van der Waals surface area contributed by atoms with Gasteiger partial charge in [0.1, 0.15) is 18.1 Å². The van der Waals surface area contributed by atoms with E-state index in [0.717, 1.165) is 11.8 Å². The first-order valence-electron chi connectivity index (χ1n) is 16.6. The van der Waals surface area contributed by atoms with Crippen molar-refractivity contribution < 1.29 is 23.1 Å². The molecule has 3 aromatic heterocycles. The number of unbranched alkanes of at least 4 members (excludes halogenated alkanes) is 2. The van der Waals surface area contributed by atoms with E-state index >= 15 is 0 Å². The fourth-order valence-corrected chi connectivity index (χ4v) is 5.93. The molecule has 0 unspecified atom stereocenters. The van der Waals surface area contributed by atoms with Crippen molar-refractivity contribution in [3.05, 3.63) is 99.6 Å². The summed E-state index contributed by atoms with van der Waals surface area (Å²) in [5.74, 6) is -1.36. The average molecular weight is 685 g/mol. The number of anilines is 1. The summed E-state index contributed by atoms with van der Waals surface area (Å²) in [5.41, 5.74) is 2.11. The topological polar surface area (TPSA) is 147 Å². The number of H-pyrrole nitrogens is 1. The van der Waals surface area contributed by atoms with Crippen LogP contribution in [-0.4, -0.2) is 60.6 Å². The predicted molar refractivity (Wildman–Crippen MR) is 183 cm³/mol. The summed E-state index contributed by atoms with van der Waals surface area (Å²) >= 11 is 0. The van der Waals surface area contributed by atoms with E-state index in [4.69, 9.17) is 4.74 Å². The third-order valence-corrected chi connectivity index (χ3v) is 8.55. The van der Waals surface area contributed by atoms with Crippen LogP contribution in [0.3, 0.4) is 0 Å².